The normalized spacial score (nSPS) is 13.1. The molecule has 74 heavy (non-hydrogen) atoms. The van der Waals surface area contributed by atoms with E-state index in [1.165, 1.54) is 70.6 Å². The third kappa shape index (κ3) is 58.4. The molecule has 0 aliphatic heterocycles. The van der Waals surface area contributed by atoms with Crippen molar-refractivity contribution >= 4 is 17.9 Å². The zero-order valence-electron chi connectivity index (χ0n) is 47.8. The van der Waals surface area contributed by atoms with E-state index in [9.17, 15) is 14.4 Å². The number of carbonyl (C=O) groups excluding carboxylic acids is 3. The zero-order valence-corrected chi connectivity index (χ0v) is 47.8. The van der Waals surface area contributed by atoms with Crippen molar-refractivity contribution in [3.8, 4) is 0 Å². The minimum Gasteiger partial charge on any atom is -0.462 e. The molecule has 0 aliphatic carbocycles. The van der Waals surface area contributed by atoms with Crippen LogP contribution in [0.3, 0.4) is 0 Å². The predicted molar refractivity (Wildman–Crippen MR) is 320 cm³/mol. The summed E-state index contributed by atoms with van der Waals surface area (Å²) in [4.78, 5) is 38.3. The molecule has 6 nitrogen and oxygen atoms in total. The van der Waals surface area contributed by atoms with Crippen LogP contribution in [0.1, 0.15) is 258 Å². The Morgan fingerprint density at radius 3 is 0.946 bits per heavy atom. The number of carbonyl (C=O) groups is 3. The average molecular weight is 1020 g/mol. The Kier molecular flexibility index (Phi) is 57.4. The minimum absolute atomic E-state index is 0.106. The molecule has 0 rings (SSSR count). The SMILES string of the molecule is CC/C=C\C/C=C\C/C=C\C/C=C\C/C=C\CCCCCC(=O)OCC(COC(=O)CCCCCCC\C=C/C=C\C=C/CCCCCCC)OC(=O)CCCCCCCCCCC/C=C\C/C=C\C/C=C\CC. The lowest BCUT2D eigenvalue weighted by Gasteiger charge is -2.18. The van der Waals surface area contributed by atoms with Crippen LogP contribution in [-0.4, -0.2) is 37.2 Å². The summed E-state index contributed by atoms with van der Waals surface area (Å²) in [5.41, 5.74) is 0. The van der Waals surface area contributed by atoms with Gasteiger partial charge in [0, 0.05) is 19.3 Å². The Bertz CT molecular complexity index is 1600. The summed E-state index contributed by atoms with van der Waals surface area (Å²) in [5.74, 6) is -0.962. The molecular formula is C68H110O6. The highest BCUT2D eigenvalue weighted by atomic mass is 16.6. The van der Waals surface area contributed by atoms with Crippen LogP contribution in [0.15, 0.2) is 134 Å². The van der Waals surface area contributed by atoms with Gasteiger partial charge in [0.25, 0.3) is 0 Å². The summed E-state index contributed by atoms with van der Waals surface area (Å²) in [5, 5.41) is 0. The maximum absolute atomic E-state index is 12.9. The first-order chi connectivity index (χ1) is 36.5. The first kappa shape index (κ1) is 69.5. The van der Waals surface area contributed by atoms with Gasteiger partial charge in [0.05, 0.1) is 0 Å². The van der Waals surface area contributed by atoms with Gasteiger partial charge in [0.15, 0.2) is 6.10 Å². The van der Waals surface area contributed by atoms with E-state index < -0.39 is 6.10 Å². The molecule has 0 aromatic heterocycles. The number of unbranched alkanes of at least 4 members (excludes halogenated alkanes) is 22. The molecule has 0 aromatic rings. The van der Waals surface area contributed by atoms with Crippen molar-refractivity contribution < 1.29 is 28.6 Å². The maximum atomic E-state index is 12.9. The van der Waals surface area contributed by atoms with Gasteiger partial charge in [-0.2, -0.15) is 0 Å². The summed E-state index contributed by atoms with van der Waals surface area (Å²) < 4.78 is 16.9. The molecule has 1 unspecified atom stereocenters. The lowest BCUT2D eigenvalue weighted by atomic mass is 10.1. The quantitative estimate of drug-likeness (QED) is 0.0199. The fourth-order valence-corrected chi connectivity index (χ4v) is 7.95. The molecule has 0 radical (unpaired) electrons. The van der Waals surface area contributed by atoms with Crippen LogP contribution in [0.2, 0.25) is 0 Å². The van der Waals surface area contributed by atoms with Crippen LogP contribution < -0.4 is 0 Å². The molecule has 1 atom stereocenters. The van der Waals surface area contributed by atoms with Crippen LogP contribution >= 0.6 is 0 Å². The van der Waals surface area contributed by atoms with Gasteiger partial charge in [0.1, 0.15) is 13.2 Å². The van der Waals surface area contributed by atoms with Crippen molar-refractivity contribution in [3.05, 3.63) is 134 Å². The molecule has 0 amide bonds. The first-order valence-electron chi connectivity index (χ1n) is 30.2. The Morgan fingerprint density at radius 1 is 0.297 bits per heavy atom. The Hall–Kier alpha value is -4.45. The number of ether oxygens (including phenoxy) is 3. The number of allylic oxidation sites excluding steroid dienone is 22. The predicted octanol–water partition coefficient (Wildman–Crippen LogP) is 20.6. The molecule has 0 aliphatic rings. The second-order valence-corrected chi connectivity index (χ2v) is 19.6. The third-order valence-electron chi connectivity index (χ3n) is 12.4. The summed E-state index contributed by atoms with van der Waals surface area (Å²) in [6, 6.07) is 0. The fourth-order valence-electron chi connectivity index (χ4n) is 7.95. The van der Waals surface area contributed by atoms with E-state index >= 15 is 0 Å². The maximum Gasteiger partial charge on any atom is 0.306 e. The molecule has 0 bridgehead atoms. The number of hydrogen-bond donors (Lipinski definition) is 0. The van der Waals surface area contributed by atoms with Gasteiger partial charge in [0.2, 0.25) is 0 Å². The zero-order chi connectivity index (χ0) is 53.6. The topological polar surface area (TPSA) is 78.9 Å². The summed E-state index contributed by atoms with van der Waals surface area (Å²) in [6.45, 7) is 6.35. The second-order valence-electron chi connectivity index (χ2n) is 19.6. The Labute approximate surface area is 455 Å². The van der Waals surface area contributed by atoms with E-state index in [1.807, 2.05) is 0 Å². The fraction of sp³-hybridized carbons (Fsp3) is 0.632. The molecule has 0 saturated carbocycles. The number of esters is 3. The lowest BCUT2D eigenvalue weighted by Crippen LogP contribution is -2.30. The van der Waals surface area contributed by atoms with E-state index in [4.69, 9.17) is 14.2 Å². The summed E-state index contributed by atoms with van der Waals surface area (Å²) in [7, 11) is 0. The van der Waals surface area contributed by atoms with Crippen molar-refractivity contribution in [2.24, 2.45) is 0 Å². The number of rotatable bonds is 53. The van der Waals surface area contributed by atoms with Crippen molar-refractivity contribution in [2.45, 2.75) is 264 Å². The molecule has 0 N–H and O–H groups in total. The monoisotopic (exact) mass is 1020 g/mol. The van der Waals surface area contributed by atoms with Gasteiger partial charge in [-0.1, -0.05) is 251 Å². The van der Waals surface area contributed by atoms with Crippen LogP contribution in [-0.2, 0) is 28.6 Å². The highest BCUT2D eigenvalue weighted by molar-refractivity contribution is 5.71. The molecular weight excluding hydrogens is 913 g/mol. The summed E-state index contributed by atoms with van der Waals surface area (Å²) in [6.07, 6.45) is 85.8. The lowest BCUT2D eigenvalue weighted by molar-refractivity contribution is -0.167. The minimum atomic E-state index is -0.810. The van der Waals surface area contributed by atoms with Crippen molar-refractivity contribution in [1.29, 1.82) is 0 Å². The average Bonchev–Trinajstić information content (AvgIpc) is 3.40. The standard InChI is InChI=1S/C68H110O6/c1-4-7-10-13-16-19-22-25-28-31-34-37-40-43-46-49-52-55-58-61-67(70)73-64-65(63-72-66(69)60-57-54-51-48-45-42-39-36-33-30-27-24-21-18-15-12-9-6-3)74-68(71)62-59-56-53-50-47-44-41-38-35-32-29-26-23-20-17-14-11-8-5-2/h7-8,10-11,16-17,19-20,24-30,33-34,36-37,39,43,46,65H,4-6,9,12-15,18,21-23,31-32,35,38,40-42,44-45,47-64H2,1-3H3/b10-7-,11-8-,19-16-,20-17-,27-24-,28-25-,29-26-,33-30-,37-34-,39-36-,46-43-. The van der Waals surface area contributed by atoms with Gasteiger partial charge >= 0.3 is 17.9 Å². The van der Waals surface area contributed by atoms with Crippen LogP contribution in [0.25, 0.3) is 0 Å². The Morgan fingerprint density at radius 2 is 0.581 bits per heavy atom. The van der Waals surface area contributed by atoms with Crippen molar-refractivity contribution in [1.82, 2.24) is 0 Å². The third-order valence-corrected chi connectivity index (χ3v) is 12.4. The van der Waals surface area contributed by atoms with Crippen LogP contribution in [0, 0.1) is 0 Å². The highest BCUT2D eigenvalue weighted by Gasteiger charge is 2.19. The molecule has 0 saturated heterocycles. The van der Waals surface area contributed by atoms with Crippen molar-refractivity contribution in [2.75, 3.05) is 13.2 Å². The number of hydrogen-bond acceptors (Lipinski definition) is 6. The van der Waals surface area contributed by atoms with E-state index in [2.05, 4.69) is 154 Å². The first-order valence-corrected chi connectivity index (χ1v) is 30.2. The van der Waals surface area contributed by atoms with Gasteiger partial charge < -0.3 is 14.2 Å². The van der Waals surface area contributed by atoms with Crippen LogP contribution in [0.5, 0.6) is 0 Å². The molecule has 6 heteroatoms. The van der Waals surface area contributed by atoms with Gasteiger partial charge in [-0.3, -0.25) is 14.4 Å². The highest BCUT2D eigenvalue weighted by Crippen LogP contribution is 2.14. The van der Waals surface area contributed by atoms with Gasteiger partial charge in [-0.25, -0.2) is 0 Å². The van der Waals surface area contributed by atoms with Gasteiger partial charge in [-0.15, -0.1) is 0 Å². The van der Waals surface area contributed by atoms with E-state index in [0.717, 1.165) is 148 Å². The second kappa shape index (κ2) is 61.1. The van der Waals surface area contributed by atoms with Crippen molar-refractivity contribution in [3.63, 3.8) is 0 Å². The molecule has 418 valence electrons. The smallest absolute Gasteiger partial charge is 0.306 e. The van der Waals surface area contributed by atoms with E-state index in [-0.39, 0.29) is 31.1 Å². The molecule has 0 aromatic carbocycles. The van der Waals surface area contributed by atoms with Gasteiger partial charge in [-0.05, 0) is 122 Å². The van der Waals surface area contributed by atoms with E-state index in [1.54, 1.807) is 0 Å². The molecule has 0 fully saturated rings. The molecule has 0 spiro atoms. The Balaban J connectivity index is 4.52. The van der Waals surface area contributed by atoms with E-state index in [0.29, 0.717) is 19.3 Å². The summed E-state index contributed by atoms with van der Waals surface area (Å²) >= 11 is 0. The largest absolute Gasteiger partial charge is 0.462 e. The van der Waals surface area contributed by atoms with Crippen LogP contribution in [0.4, 0.5) is 0 Å². The molecule has 0 heterocycles.